The third-order valence-corrected chi connectivity index (χ3v) is 7.64. The summed E-state index contributed by atoms with van der Waals surface area (Å²) < 4.78 is 46.5. The van der Waals surface area contributed by atoms with E-state index in [0.717, 1.165) is 11.3 Å². The van der Waals surface area contributed by atoms with Gasteiger partial charge in [0, 0.05) is 6.54 Å². The molecule has 0 aliphatic carbocycles. The number of fused-ring (bicyclic) bond motifs is 1. The van der Waals surface area contributed by atoms with Crippen LogP contribution in [0, 0.1) is 0 Å². The fourth-order valence-corrected chi connectivity index (χ4v) is 5.23. The van der Waals surface area contributed by atoms with E-state index in [1.807, 2.05) is 6.92 Å². The minimum absolute atomic E-state index is 0.0529. The topological polar surface area (TPSA) is 176 Å². The van der Waals surface area contributed by atoms with Gasteiger partial charge in [0.1, 0.15) is 24.0 Å². The van der Waals surface area contributed by atoms with Gasteiger partial charge in [0.25, 0.3) is 0 Å². The molecule has 0 radical (unpaired) electrons. The van der Waals surface area contributed by atoms with Crippen LogP contribution in [0.15, 0.2) is 36.7 Å². The number of ether oxygens (including phenoxy) is 2. The summed E-state index contributed by atoms with van der Waals surface area (Å²) in [6, 6.07) is 7.14. The van der Waals surface area contributed by atoms with Crippen molar-refractivity contribution in [3.8, 4) is 5.75 Å². The van der Waals surface area contributed by atoms with Crippen molar-refractivity contribution in [1.82, 2.24) is 24.4 Å². The highest BCUT2D eigenvalue weighted by atomic mass is 31.1. The number of aliphatic hydroxyl groups is 1. The van der Waals surface area contributed by atoms with E-state index in [1.54, 1.807) is 30.3 Å². The van der Waals surface area contributed by atoms with E-state index in [2.05, 4.69) is 20.3 Å². The molecule has 3 aromatic rings. The lowest BCUT2D eigenvalue weighted by atomic mass is 9.98. The van der Waals surface area contributed by atoms with Crippen molar-refractivity contribution >= 4 is 37.1 Å². The number of aliphatic hydroxyl groups excluding tert-OH is 1. The lowest BCUT2D eigenvalue weighted by Crippen LogP contribution is -2.42. The normalized spacial score (nSPS) is 24.2. The zero-order valence-corrected chi connectivity index (χ0v) is 23.5. The Balaban J connectivity index is 1.55. The van der Waals surface area contributed by atoms with Gasteiger partial charge in [-0.15, -0.1) is 0 Å². The number of nitrogens with two attached hydrogens (primary N) is 1. The molecule has 1 fully saturated rings. The van der Waals surface area contributed by atoms with E-state index in [0.29, 0.717) is 17.9 Å². The molecule has 4 rings (SSSR count). The number of alkyl halides is 1. The molecular formula is C24H33FN7O7P. The number of para-hydroxylation sites is 1. The molecule has 1 aliphatic heterocycles. The average molecular weight is 582 g/mol. The molecule has 16 heteroatoms. The highest BCUT2D eigenvalue weighted by Crippen LogP contribution is 2.43. The third-order valence-electron chi connectivity index (χ3n) is 6.35. The van der Waals surface area contributed by atoms with Gasteiger partial charge >= 0.3 is 14.1 Å². The number of anilines is 2. The summed E-state index contributed by atoms with van der Waals surface area (Å²) in [5.74, 6) is -0.127. The first-order valence-corrected chi connectivity index (χ1v) is 13.9. The van der Waals surface area contributed by atoms with Crippen LogP contribution in [0.4, 0.5) is 16.2 Å². The molecule has 0 saturated carbocycles. The summed E-state index contributed by atoms with van der Waals surface area (Å²) in [7, 11) is -2.03. The number of carbonyl (C=O) groups is 1. The van der Waals surface area contributed by atoms with E-state index in [1.165, 1.54) is 31.9 Å². The number of hydrogen-bond acceptors (Lipinski definition) is 12. The standard InChI is InChI=1S/C24H33FN7O7P/c1-5-11-27-19-17-20(30-23(26)29-19)31(13-28-17)22-24(3,25)18(33)16(38-22)12-37-32(14(2)21(34)36-4)40(35)39-15-9-7-6-8-10-15/h6-10,13-14,16,18,22,33,40H,5,11-12H2,1-4H3,(H3,26,27,29,30)/t14-,16+,18+,22+,24+/m0/s1. The second-order valence-electron chi connectivity index (χ2n) is 9.31. The monoisotopic (exact) mass is 581 g/mol. The summed E-state index contributed by atoms with van der Waals surface area (Å²) >= 11 is 0. The largest absolute Gasteiger partial charge is 0.468 e. The molecule has 0 bridgehead atoms. The van der Waals surface area contributed by atoms with Gasteiger partial charge in [-0.05, 0) is 32.4 Å². The number of hydrogen-bond donors (Lipinski definition) is 3. The molecule has 1 aromatic carbocycles. The molecule has 0 amide bonds. The summed E-state index contributed by atoms with van der Waals surface area (Å²) in [5, 5.41) is 14.0. The van der Waals surface area contributed by atoms with Gasteiger partial charge in [0.05, 0.1) is 20.0 Å². The SMILES string of the molecule is CCCNc1nc(N)nc2c1ncn2[C@@H]1O[C@H](CON([C@@H](C)C(=O)OC)[PH](=O)Oc2ccccc2)[C@@H](O)[C@@]1(C)F. The Hall–Kier alpha value is -3.36. The number of benzene rings is 1. The number of nitrogens with zero attached hydrogens (tertiary/aromatic N) is 5. The van der Waals surface area contributed by atoms with Crippen LogP contribution in [0.1, 0.15) is 33.4 Å². The zero-order valence-electron chi connectivity index (χ0n) is 22.5. The summed E-state index contributed by atoms with van der Waals surface area (Å²) in [4.78, 5) is 31.4. The van der Waals surface area contributed by atoms with Crippen molar-refractivity contribution in [3.63, 3.8) is 0 Å². The highest BCUT2D eigenvalue weighted by molar-refractivity contribution is 7.36. The Morgan fingerprint density at radius 2 is 2.10 bits per heavy atom. The van der Waals surface area contributed by atoms with Crippen LogP contribution >= 0.6 is 8.18 Å². The molecule has 6 atom stereocenters. The maximum atomic E-state index is 16.0. The number of hydroxylamine groups is 1. The number of aromatic nitrogens is 4. The molecule has 1 aliphatic rings. The molecule has 1 saturated heterocycles. The maximum Gasteiger partial charge on any atom is 0.331 e. The van der Waals surface area contributed by atoms with Crippen LogP contribution in [0.3, 0.4) is 0 Å². The Labute approximate surface area is 230 Å². The van der Waals surface area contributed by atoms with Gasteiger partial charge in [0.2, 0.25) is 5.95 Å². The van der Waals surface area contributed by atoms with Gasteiger partial charge in [-0.25, -0.2) is 9.37 Å². The Morgan fingerprint density at radius 3 is 2.77 bits per heavy atom. The zero-order chi connectivity index (χ0) is 29.0. The second kappa shape index (κ2) is 12.4. The third kappa shape index (κ3) is 6.03. The van der Waals surface area contributed by atoms with Crippen molar-refractivity contribution < 1.29 is 37.7 Å². The summed E-state index contributed by atoms with van der Waals surface area (Å²) in [5.41, 5.74) is 4.11. The van der Waals surface area contributed by atoms with Crippen molar-refractivity contribution in [2.24, 2.45) is 0 Å². The maximum absolute atomic E-state index is 16.0. The lowest BCUT2D eigenvalue weighted by Gasteiger charge is -2.27. The van der Waals surface area contributed by atoms with E-state index in [9.17, 15) is 14.5 Å². The number of imidazole rings is 1. The van der Waals surface area contributed by atoms with Crippen LogP contribution in [-0.4, -0.2) is 79.6 Å². The molecule has 4 N–H and O–H groups in total. The van der Waals surface area contributed by atoms with Gasteiger partial charge in [0.15, 0.2) is 28.9 Å². The van der Waals surface area contributed by atoms with Crippen molar-refractivity contribution in [2.45, 2.75) is 57.3 Å². The first-order chi connectivity index (χ1) is 19.1. The Morgan fingerprint density at radius 1 is 1.38 bits per heavy atom. The van der Waals surface area contributed by atoms with Crippen LogP contribution < -0.4 is 15.6 Å². The fourth-order valence-electron chi connectivity index (χ4n) is 4.20. The van der Waals surface area contributed by atoms with Crippen molar-refractivity contribution in [3.05, 3.63) is 36.7 Å². The van der Waals surface area contributed by atoms with Gasteiger partial charge in [-0.2, -0.15) is 9.97 Å². The number of methoxy groups -OCH3 is 1. The van der Waals surface area contributed by atoms with E-state index in [-0.39, 0.29) is 17.3 Å². The molecule has 40 heavy (non-hydrogen) atoms. The van der Waals surface area contributed by atoms with Crippen LogP contribution in [0.5, 0.6) is 5.75 Å². The Bertz CT molecular complexity index is 1350. The number of halogens is 1. The van der Waals surface area contributed by atoms with Gasteiger partial charge in [-0.1, -0.05) is 30.0 Å². The molecule has 1 unspecified atom stereocenters. The molecule has 218 valence electrons. The quantitative estimate of drug-likeness (QED) is 0.162. The van der Waals surface area contributed by atoms with E-state index >= 15 is 4.39 Å². The number of nitrogen functional groups attached to an aromatic ring is 1. The number of rotatable bonds is 12. The molecule has 0 spiro atoms. The van der Waals surface area contributed by atoms with Gasteiger partial charge < -0.3 is 30.2 Å². The highest BCUT2D eigenvalue weighted by Gasteiger charge is 2.55. The molecule has 3 heterocycles. The molecule has 14 nitrogen and oxygen atoms in total. The summed E-state index contributed by atoms with van der Waals surface area (Å²) in [6.45, 7) is 4.69. The van der Waals surface area contributed by atoms with Crippen molar-refractivity contribution in [2.75, 3.05) is 31.3 Å². The van der Waals surface area contributed by atoms with Gasteiger partial charge in [-0.3, -0.25) is 18.8 Å². The molecular weight excluding hydrogens is 548 g/mol. The lowest BCUT2D eigenvalue weighted by molar-refractivity contribution is -0.179. The Kier molecular flexibility index (Phi) is 9.21. The predicted octanol–water partition coefficient (Wildman–Crippen LogP) is 2.48. The van der Waals surface area contributed by atoms with E-state index in [4.69, 9.17) is 24.6 Å². The predicted molar refractivity (Wildman–Crippen MR) is 143 cm³/mol. The van der Waals surface area contributed by atoms with Crippen LogP contribution in [-0.2, 0) is 23.7 Å². The minimum Gasteiger partial charge on any atom is -0.468 e. The number of esters is 1. The number of carbonyl (C=O) groups excluding carboxylic acids is 1. The molecule has 2 aromatic heterocycles. The first kappa shape index (κ1) is 29.6. The smallest absolute Gasteiger partial charge is 0.331 e. The fraction of sp³-hybridized carbons (Fsp3) is 0.500. The second-order valence-corrected chi connectivity index (χ2v) is 10.5. The van der Waals surface area contributed by atoms with E-state index < -0.39 is 50.9 Å². The average Bonchev–Trinajstić information content (AvgIpc) is 3.45. The number of nitrogens with one attached hydrogen (secondary N) is 1. The van der Waals surface area contributed by atoms with Crippen molar-refractivity contribution in [1.29, 1.82) is 0 Å². The summed E-state index contributed by atoms with van der Waals surface area (Å²) in [6.07, 6.45) is -2.15. The first-order valence-electron chi connectivity index (χ1n) is 12.6. The van der Waals surface area contributed by atoms with Crippen LogP contribution in [0.25, 0.3) is 11.2 Å². The minimum atomic E-state index is -3.20. The van der Waals surface area contributed by atoms with Crippen LogP contribution in [0.2, 0.25) is 0 Å².